The van der Waals surface area contributed by atoms with Crippen molar-refractivity contribution in [2.45, 2.75) is 11.8 Å². The lowest BCUT2D eigenvalue weighted by molar-refractivity contribution is -0.114. The molecule has 82 valence electrons. The summed E-state index contributed by atoms with van der Waals surface area (Å²) in [4.78, 5) is 10.4. The first kappa shape index (κ1) is 11.6. The Labute approximate surface area is 86.1 Å². The van der Waals surface area contributed by atoms with Gasteiger partial charge in [-0.3, -0.25) is 4.79 Å². The minimum Gasteiger partial charge on any atom is -0.325 e. The first-order valence-corrected chi connectivity index (χ1v) is 5.45. The number of amides is 1. The maximum absolute atomic E-state index is 12.8. The van der Waals surface area contributed by atoms with Gasteiger partial charge in [-0.1, -0.05) is 0 Å². The molecule has 7 heteroatoms. The zero-order chi connectivity index (χ0) is 11.6. The molecule has 0 unspecified atom stereocenters. The maximum Gasteiger partial charge on any atom is 0.240 e. The fourth-order valence-electron chi connectivity index (χ4n) is 1.04. The fourth-order valence-corrected chi connectivity index (χ4v) is 1.71. The number of hydrogen-bond donors (Lipinski definition) is 2. The average molecular weight is 232 g/mol. The molecule has 15 heavy (non-hydrogen) atoms. The first-order valence-electron chi connectivity index (χ1n) is 3.90. The maximum atomic E-state index is 12.8. The molecule has 0 aromatic heterocycles. The molecule has 0 radical (unpaired) electrons. The largest absolute Gasteiger partial charge is 0.325 e. The zero-order valence-electron chi connectivity index (χ0n) is 7.82. The third kappa shape index (κ3) is 3.00. The number of nitrogens with one attached hydrogen (secondary N) is 1. The van der Waals surface area contributed by atoms with Gasteiger partial charge in [0, 0.05) is 6.92 Å². The summed E-state index contributed by atoms with van der Waals surface area (Å²) >= 11 is 0. The van der Waals surface area contributed by atoms with Crippen LogP contribution in [0.1, 0.15) is 6.92 Å². The Morgan fingerprint density at radius 3 is 2.53 bits per heavy atom. The highest BCUT2D eigenvalue weighted by molar-refractivity contribution is 7.89. The number of sulfonamides is 1. The highest BCUT2D eigenvalue weighted by Gasteiger charge is 2.15. The van der Waals surface area contributed by atoms with Crippen molar-refractivity contribution in [3.8, 4) is 0 Å². The van der Waals surface area contributed by atoms with E-state index in [0.717, 1.165) is 18.2 Å². The van der Waals surface area contributed by atoms with Gasteiger partial charge < -0.3 is 5.32 Å². The number of halogens is 1. The summed E-state index contributed by atoms with van der Waals surface area (Å²) in [6.07, 6.45) is 0. The number of hydrogen-bond acceptors (Lipinski definition) is 3. The topological polar surface area (TPSA) is 89.3 Å². The van der Waals surface area contributed by atoms with Crippen molar-refractivity contribution in [1.29, 1.82) is 0 Å². The third-order valence-corrected chi connectivity index (χ3v) is 2.53. The second-order valence-corrected chi connectivity index (χ2v) is 4.40. The van der Waals surface area contributed by atoms with Crippen molar-refractivity contribution in [1.82, 2.24) is 0 Å². The van der Waals surface area contributed by atoms with Crippen LogP contribution in [0.25, 0.3) is 0 Å². The minimum absolute atomic E-state index is 0.162. The molecule has 0 saturated heterocycles. The minimum atomic E-state index is -3.98. The number of nitrogens with two attached hydrogens (primary N) is 1. The summed E-state index contributed by atoms with van der Waals surface area (Å²) in [5.41, 5.74) is -0.162. The van der Waals surface area contributed by atoms with Crippen molar-refractivity contribution in [3.63, 3.8) is 0 Å². The molecule has 0 bridgehead atoms. The van der Waals surface area contributed by atoms with Gasteiger partial charge in [0.2, 0.25) is 15.9 Å². The van der Waals surface area contributed by atoms with Crippen LogP contribution in [-0.4, -0.2) is 14.3 Å². The fraction of sp³-hybridized carbons (Fsp3) is 0.125. The SMILES string of the molecule is CC(=O)Nc1cc(F)ccc1S(N)(=O)=O. The van der Waals surface area contributed by atoms with Gasteiger partial charge in [0.25, 0.3) is 0 Å². The highest BCUT2D eigenvalue weighted by Crippen LogP contribution is 2.20. The quantitative estimate of drug-likeness (QED) is 0.774. The van der Waals surface area contributed by atoms with Crippen LogP contribution >= 0.6 is 0 Å². The Morgan fingerprint density at radius 2 is 2.07 bits per heavy atom. The summed E-state index contributed by atoms with van der Waals surface area (Å²) in [6, 6.07) is 2.84. The Kier molecular flexibility index (Phi) is 3.06. The lowest BCUT2D eigenvalue weighted by Crippen LogP contribution is -2.16. The lowest BCUT2D eigenvalue weighted by Gasteiger charge is -2.07. The van der Waals surface area contributed by atoms with E-state index in [1.165, 1.54) is 6.92 Å². The molecule has 3 N–H and O–H groups in total. The number of primary sulfonamides is 1. The van der Waals surface area contributed by atoms with Crippen LogP contribution < -0.4 is 10.5 Å². The molecule has 1 aromatic rings. The predicted molar refractivity (Wildman–Crippen MR) is 52.1 cm³/mol. The van der Waals surface area contributed by atoms with E-state index in [4.69, 9.17) is 5.14 Å². The molecule has 0 fully saturated rings. The van der Waals surface area contributed by atoms with Crippen molar-refractivity contribution < 1.29 is 17.6 Å². The highest BCUT2D eigenvalue weighted by atomic mass is 32.2. The van der Waals surface area contributed by atoms with Crippen LogP contribution in [0.2, 0.25) is 0 Å². The number of benzene rings is 1. The molecule has 1 aromatic carbocycles. The van der Waals surface area contributed by atoms with Crippen molar-refractivity contribution in [3.05, 3.63) is 24.0 Å². The van der Waals surface area contributed by atoms with Crippen molar-refractivity contribution in [2.75, 3.05) is 5.32 Å². The van der Waals surface area contributed by atoms with Crippen LogP contribution in [0, 0.1) is 5.82 Å². The van der Waals surface area contributed by atoms with E-state index in [9.17, 15) is 17.6 Å². The standard InChI is InChI=1S/C8H9FN2O3S/c1-5(12)11-7-4-6(9)2-3-8(7)15(10,13)14/h2-4H,1H3,(H,11,12)(H2,10,13,14). The molecule has 0 aliphatic rings. The van der Waals surface area contributed by atoms with Gasteiger partial charge in [-0.05, 0) is 18.2 Å². The number of carbonyl (C=O) groups is 1. The predicted octanol–water partition coefficient (Wildman–Crippen LogP) is 0.432. The summed E-state index contributed by atoms with van der Waals surface area (Å²) in [6.45, 7) is 1.18. The molecule has 1 rings (SSSR count). The summed E-state index contributed by atoms with van der Waals surface area (Å²) in [5.74, 6) is -1.17. The Bertz CT molecular complexity index is 499. The van der Waals surface area contributed by atoms with Crippen molar-refractivity contribution >= 4 is 21.6 Å². The first-order chi connectivity index (χ1) is 6.80. The van der Waals surface area contributed by atoms with Gasteiger partial charge in [0.15, 0.2) is 0 Å². The van der Waals surface area contributed by atoms with Gasteiger partial charge >= 0.3 is 0 Å². The van der Waals surface area contributed by atoms with E-state index in [2.05, 4.69) is 5.32 Å². The molecule has 0 atom stereocenters. The second kappa shape index (κ2) is 3.95. The van der Waals surface area contributed by atoms with E-state index < -0.39 is 21.7 Å². The van der Waals surface area contributed by atoms with E-state index >= 15 is 0 Å². The molecular weight excluding hydrogens is 223 g/mol. The van der Waals surface area contributed by atoms with Crippen LogP contribution in [0.15, 0.2) is 23.1 Å². The van der Waals surface area contributed by atoms with Gasteiger partial charge in [-0.25, -0.2) is 17.9 Å². The lowest BCUT2D eigenvalue weighted by atomic mass is 10.3. The summed E-state index contributed by atoms with van der Waals surface area (Å²) in [5, 5.41) is 7.06. The molecular formula is C8H9FN2O3S. The van der Waals surface area contributed by atoms with Crippen LogP contribution in [0.3, 0.4) is 0 Å². The van der Waals surface area contributed by atoms with Gasteiger partial charge in [-0.2, -0.15) is 0 Å². The number of anilines is 1. The smallest absolute Gasteiger partial charge is 0.240 e. The van der Waals surface area contributed by atoms with E-state index in [1.807, 2.05) is 0 Å². The van der Waals surface area contributed by atoms with Gasteiger partial charge in [0.1, 0.15) is 10.7 Å². The van der Waals surface area contributed by atoms with E-state index in [0.29, 0.717) is 0 Å². The van der Waals surface area contributed by atoms with Crippen LogP contribution in [-0.2, 0) is 14.8 Å². The molecule has 0 aliphatic heterocycles. The zero-order valence-corrected chi connectivity index (χ0v) is 8.64. The molecule has 0 heterocycles. The molecule has 0 aliphatic carbocycles. The number of rotatable bonds is 2. The third-order valence-electron chi connectivity index (χ3n) is 1.56. The van der Waals surface area contributed by atoms with Gasteiger partial charge in [-0.15, -0.1) is 0 Å². The van der Waals surface area contributed by atoms with Crippen LogP contribution in [0.5, 0.6) is 0 Å². The Balaban J connectivity index is 3.33. The Hall–Kier alpha value is -1.47. The van der Waals surface area contributed by atoms with E-state index in [-0.39, 0.29) is 10.6 Å². The monoisotopic (exact) mass is 232 g/mol. The normalized spacial score (nSPS) is 11.1. The summed E-state index contributed by atoms with van der Waals surface area (Å²) < 4.78 is 34.9. The Morgan fingerprint density at radius 1 is 1.47 bits per heavy atom. The average Bonchev–Trinajstić information content (AvgIpc) is 1.99. The van der Waals surface area contributed by atoms with E-state index in [1.54, 1.807) is 0 Å². The number of carbonyl (C=O) groups excluding carboxylic acids is 1. The summed E-state index contributed by atoms with van der Waals surface area (Å²) in [7, 11) is -3.98. The van der Waals surface area contributed by atoms with Gasteiger partial charge in [0.05, 0.1) is 5.69 Å². The molecule has 0 spiro atoms. The van der Waals surface area contributed by atoms with Crippen molar-refractivity contribution in [2.24, 2.45) is 5.14 Å². The van der Waals surface area contributed by atoms with Crippen LogP contribution in [0.4, 0.5) is 10.1 Å². The molecule has 1 amide bonds. The molecule has 0 saturated carbocycles. The second-order valence-electron chi connectivity index (χ2n) is 2.87. The molecule has 5 nitrogen and oxygen atoms in total.